The number of benzene rings is 2. The number of rotatable bonds is 3. The maximum Gasteiger partial charge on any atom is 0.257 e. The highest BCUT2D eigenvalue weighted by Crippen LogP contribution is 2.25. The predicted octanol–water partition coefficient (Wildman–Crippen LogP) is 4.76. The van der Waals surface area contributed by atoms with E-state index in [0.29, 0.717) is 21.3 Å². The maximum absolute atomic E-state index is 12.2. The van der Waals surface area contributed by atoms with Crippen molar-refractivity contribution in [1.29, 1.82) is 0 Å². The Balaban J connectivity index is 1.78. The van der Waals surface area contributed by atoms with Gasteiger partial charge in [0.25, 0.3) is 5.91 Å². The first kappa shape index (κ1) is 15.0. The van der Waals surface area contributed by atoms with E-state index in [9.17, 15) is 4.79 Å². The van der Waals surface area contributed by atoms with Crippen LogP contribution in [0.3, 0.4) is 0 Å². The van der Waals surface area contributed by atoms with Gasteiger partial charge >= 0.3 is 0 Å². The van der Waals surface area contributed by atoms with E-state index in [1.54, 1.807) is 18.3 Å². The van der Waals surface area contributed by atoms with Gasteiger partial charge in [-0.15, -0.1) is 5.10 Å². The molecule has 0 aliphatic heterocycles. The second-order valence-corrected chi connectivity index (χ2v) is 6.07. The summed E-state index contributed by atoms with van der Waals surface area (Å²) in [5, 5.41) is 7.40. The Labute approximate surface area is 140 Å². The summed E-state index contributed by atoms with van der Waals surface area (Å²) in [6.45, 7) is 0. The van der Waals surface area contributed by atoms with E-state index < -0.39 is 0 Å². The van der Waals surface area contributed by atoms with Crippen LogP contribution in [-0.2, 0) is 0 Å². The number of carbonyl (C=O) groups excluding carboxylic acids is 1. The van der Waals surface area contributed by atoms with E-state index in [1.165, 1.54) is 17.6 Å². The van der Waals surface area contributed by atoms with Crippen molar-refractivity contribution < 1.29 is 4.79 Å². The molecule has 1 heterocycles. The Hall–Kier alpha value is -1.95. The average molecular weight is 350 g/mol. The molecule has 1 N–H and O–H groups in total. The standard InChI is InChI=1S/C15H9Cl2N3OS/c16-10-3-6-13(17)12(7-10)15(21)19-11-4-1-9(2-5-11)14-8-18-20-22-14/h1-8H,(H,19,21). The normalized spacial score (nSPS) is 10.5. The molecule has 0 saturated heterocycles. The molecule has 3 rings (SSSR count). The SMILES string of the molecule is O=C(Nc1ccc(-c2cnns2)cc1)c1cc(Cl)ccc1Cl. The van der Waals surface area contributed by atoms with Crippen molar-refractivity contribution in [3.63, 3.8) is 0 Å². The number of hydrogen-bond donors (Lipinski definition) is 1. The third-order valence-electron chi connectivity index (χ3n) is 2.96. The van der Waals surface area contributed by atoms with Gasteiger partial charge in [0.1, 0.15) is 0 Å². The molecule has 3 aromatic rings. The summed E-state index contributed by atoms with van der Waals surface area (Å²) in [5.41, 5.74) is 2.00. The molecule has 0 aliphatic carbocycles. The molecule has 0 radical (unpaired) electrons. The van der Waals surface area contributed by atoms with Crippen molar-refractivity contribution in [1.82, 2.24) is 9.59 Å². The van der Waals surface area contributed by atoms with Crippen molar-refractivity contribution in [3.8, 4) is 10.4 Å². The quantitative estimate of drug-likeness (QED) is 0.741. The fraction of sp³-hybridized carbons (Fsp3) is 0. The summed E-state index contributed by atoms with van der Waals surface area (Å²) in [5.74, 6) is -0.306. The van der Waals surface area contributed by atoms with E-state index in [4.69, 9.17) is 23.2 Å². The first-order chi connectivity index (χ1) is 10.6. The van der Waals surface area contributed by atoms with Gasteiger partial charge in [0.2, 0.25) is 0 Å². The third kappa shape index (κ3) is 3.27. The van der Waals surface area contributed by atoms with Gasteiger partial charge < -0.3 is 5.32 Å². The van der Waals surface area contributed by atoms with Crippen molar-refractivity contribution in [2.24, 2.45) is 0 Å². The number of hydrogen-bond acceptors (Lipinski definition) is 4. The van der Waals surface area contributed by atoms with Crippen molar-refractivity contribution in [2.75, 3.05) is 5.32 Å². The van der Waals surface area contributed by atoms with Crippen LogP contribution >= 0.6 is 34.7 Å². The van der Waals surface area contributed by atoms with Gasteiger partial charge in [0.05, 0.1) is 21.7 Å². The molecule has 0 saturated carbocycles. The van der Waals surface area contributed by atoms with Crippen LogP contribution in [0.25, 0.3) is 10.4 Å². The van der Waals surface area contributed by atoms with Gasteiger partial charge in [0.15, 0.2) is 0 Å². The number of halogens is 2. The number of aromatic nitrogens is 2. The Morgan fingerprint density at radius 3 is 2.55 bits per heavy atom. The zero-order chi connectivity index (χ0) is 15.5. The van der Waals surface area contributed by atoms with Crippen molar-refractivity contribution in [2.45, 2.75) is 0 Å². The van der Waals surface area contributed by atoms with Gasteiger partial charge in [-0.25, -0.2) is 0 Å². The fourth-order valence-electron chi connectivity index (χ4n) is 1.88. The lowest BCUT2D eigenvalue weighted by Gasteiger charge is -2.07. The Morgan fingerprint density at radius 1 is 1.09 bits per heavy atom. The molecule has 1 amide bonds. The lowest BCUT2D eigenvalue weighted by molar-refractivity contribution is 0.102. The second-order valence-electron chi connectivity index (χ2n) is 4.44. The predicted molar refractivity (Wildman–Crippen MR) is 89.8 cm³/mol. The number of amides is 1. The second kappa shape index (κ2) is 6.44. The van der Waals surface area contributed by atoms with Crippen LogP contribution in [0.15, 0.2) is 48.7 Å². The minimum Gasteiger partial charge on any atom is -0.322 e. The van der Waals surface area contributed by atoms with Crippen LogP contribution in [0.5, 0.6) is 0 Å². The Morgan fingerprint density at radius 2 is 1.86 bits per heavy atom. The number of carbonyl (C=O) groups is 1. The topological polar surface area (TPSA) is 54.9 Å². The molecular weight excluding hydrogens is 341 g/mol. The molecule has 4 nitrogen and oxygen atoms in total. The maximum atomic E-state index is 12.2. The van der Waals surface area contributed by atoms with Gasteiger partial charge in [-0.2, -0.15) is 0 Å². The van der Waals surface area contributed by atoms with E-state index in [2.05, 4.69) is 14.9 Å². The van der Waals surface area contributed by atoms with Crippen LogP contribution < -0.4 is 5.32 Å². The molecule has 0 bridgehead atoms. The van der Waals surface area contributed by atoms with Gasteiger partial charge in [-0.3, -0.25) is 4.79 Å². The molecule has 22 heavy (non-hydrogen) atoms. The van der Waals surface area contributed by atoms with Crippen LogP contribution in [0.2, 0.25) is 10.0 Å². The van der Waals surface area contributed by atoms with Crippen molar-refractivity contribution >= 4 is 46.3 Å². The van der Waals surface area contributed by atoms with E-state index in [-0.39, 0.29) is 5.91 Å². The third-order valence-corrected chi connectivity index (χ3v) is 4.24. The molecule has 0 atom stereocenters. The largest absolute Gasteiger partial charge is 0.322 e. The molecule has 0 unspecified atom stereocenters. The van der Waals surface area contributed by atoms with Crippen molar-refractivity contribution in [3.05, 3.63) is 64.3 Å². The average Bonchev–Trinajstić information content (AvgIpc) is 3.05. The fourth-order valence-corrected chi connectivity index (χ4v) is 2.78. The number of nitrogens with zero attached hydrogens (tertiary/aromatic N) is 2. The molecule has 1 aromatic heterocycles. The zero-order valence-corrected chi connectivity index (χ0v) is 13.4. The van der Waals surface area contributed by atoms with Crippen LogP contribution in [-0.4, -0.2) is 15.5 Å². The summed E-state index contributed by atoms with van der Waals surface area (Å²) in [7, 11) is 0. The van der Waals surface area contributed by atoms with Crippen LogP contribution in [0.4, 0.5) is 5.69 Å². The molecule has 7 heteroatoms. The van der Waals surface area contributed by atoms with Gasteiger partial charge in [-0.1, -0.05) is 39.8 Å². The summed E-state index contributed by atoms with van der Waals surface area (Å²) in [6.07, 6.45) is 1.70. The van der Waals surface area contributed by atoms with Gasteiger partial charge in [0, 0.05) is 10.7 Å². The smallest absolute Gasteiger partial charge is 0.257 e. The Bertz CT molecular complexity index is 804. The molecule has 0 fully saturated rings. The summed E-state index contributed by atoms with van der Waals surface area (Å²) in [6, 6.07) is 12.2. The molecule has 110 valence electrons. The number of anilines is 1. The molecule has 0 spiro atoms. The molecular formula is C15H9Cl2N3OS. The minimum atomic E-state index is -0.306. The summed E-state index contributed by atoms with van der Waals surface area (Å²) in [4.78, 5) is 13.2. The van der Waals surface area contributed by atoms with E-state index in [1.807, 2.05) is 24.3 Å². The lowest BCUT2D eigenvalue weighted by Crippen LogP contribution is -2.12. The minimum absolute atomic E-state index is 0.306. The highest BCUT2D eigenvalue weighted by molar-refractivity contribution is 7.09. The lowest BCUT2D eigenvalue weighted by atomic mass is 10.1. The first-order valence-corrected chi connectivity index (χ1v) is 7.80. The Kier molecular flexibility index (Phi) is 4.38. The molecule has 2 aromatic carbocycles. The number of nitrogens with one attached hydrogen (secondary N) is 1. The summed E-state index contributed by atoms with van der Waals surface area (Å²) >= 11 is 13.2. The molecule has 0 aliphatic rings. The highest BCUT2D eigenvalue weighted by atomic mass is 35.5. The first-order valence-electron chi connectivity index (χ1n) is 6.28. The van der Waals surface area contributed by atoms with E-state index in [0.717, 1.165) is 10.4 Å². The highest BCUT2D eigenvalue weighted by Gasteiger charge is 2.11. The zero-order valence-electron chi connectivity index (χ0n) is 11.1. The van der Waals surface area contributed by atoms with Crippen LogP contribution in [0.1, 0.15) is 10.4 Å². The van der Waals surface area contributed by atoms with E-state index >= 15 is 0 Å². The van der Waals surface area contributed by atoms with Crippen LogP contribution in [0, 0.1) is 0 Å². The monoisotopic (exact) mass is 349 g/mol. The summed E-state index contributed by atoms with van der Waals surface area (Å²) < 4.78 is 3.82. The van der Waals surface area contributed by atoms with Gasteiger partial charge in [-0.05, 0) is 47.4 Å².